The zero-order valence-corrected chi connectivity index (χ0v) is 12.3. The molecule has 0 fully saturated rings. The van der Waals surface area contributed by atoms with Crippen molar-refractivity contribution >= 4 is 17.5 Å². The molecule has 0 aliphatic rings. The first-order valence-electron chi connectivity index (χ1n) is 6.45. The van der Waals surface area contributed by atoms with Crippen LogP contribution in [0.25, 0.3) is 0 Å². The van der Waals surface area contributed by atoms with Crippen LogP contribution in [-0.4, -0.2) is 26.2 Å². The number of rotatable bonds is 6. The fourth-order valence-corrected chi connectivity index (χ4v) is 2.30. The van der Waals surface area contributed by atoms with Crippen LogP contribution in [0.15, 0.2) is 37.4 Å². The van der Waals surface area contributed by atoms with Crippen molar-refractivity contribution in [1.82, 2.24) is 0 Å². The van der Waals surface area contributed by atoms with Gasteiger partial charge in [-0.3, -0.25) is 0 Å². The summed E-state index contributed by atoms with van der Waals surface area (Å²) in [6.07, 6.45) is 2.46. The average molecular weight is 273 g/mol. The predicted molar refractivity (Wildman–Crippen MR) is 82.3 cm³/mol. The summed E-state index contributed by atoms with van der Waals surface area (Å²) >= 11 is 0. The normalized spacial score (nSPS) is 9.95. The molecule has 1 rings (SSSR count). The number of benzene rings is 1. The van der Waals surface area contributed by atoms with Crippen LogP contribution in [0.2, 0.25) is 0 Å². The summed E-state index contributed by atoms with van der Waals surface area (Å²) in [6, 6.07) is 3.69. The molecule has 0 N–H and O–H groups in total. The van der Waals surface area contributed by atoms with Crippen molar-refractivity contribution < 1.29 is 9.90 Å². The summed E-state index contributed by atoms with van der Waals surface area (Å²) < 4.78 is 0. The van der Waals surface area contributed by atoms with Crippen LogP contribution in [0, 0.1) is 13.8 Å². The summed E-state index contributed by atoms with van der Waals surface area (Å²) in [6.45, 7) is 12.9. The third kappa shape index (κ3) is 3.41. The quantitative estimate of drug-likeness (QED) is 0.747. The maximum Gasteiger partial charge on any atom is 0.141 e. The van der Waals surface area contributed by atoms with Crippen molar-refractivity contribution in [2.75, 3.05) is 29.9 Å². The van der Waals surface area contributed by atoms with Crippen LogP contribution in [-0.2, 0) is 0 Å². The van der Waals surface area contributed by atoms with E-state index in [1.54, 1.807) is 0 Å². The second-order valence-corrected chi connectivity index (χ2v) is 4.74. The number of carbonyl (C=O) groups excluding carboxylic acids is 1. The van der Waals surface area contributed by atoms with E-state index < -0.39 is 6.09 Å². The van der Waals surface area contributed by atoms with Gasteiger partial charge in [0.15, 0.2) is 0 Å². The Kier molecular flexibility index (Phi) is 5.38. The highest BCUT2D eigenvalue weighted by atomic mass is 16.4. The van der Waals surface area contributed by atoms with Gasteiger partial charge in [-0.1, -0.05) is 12.2 Å². The van der Waals surface area contributed by atoms with Crippen LogP contribution in [0.5, 0.6) is 0 Å². The fourth-order valence-electron chi connectivity index (χ4n) is 2.30. The van der Waals surface area contributed by atoms with E-state index in [-0.39, 0.29) is 0 Å². The minimum absolute atomic E-state index is 0.612. The maximum atomic E-state index is 10.9. The average Bonchev–Trinajstić information content (AvgIpc) is 2.37. The van der Waals surface area contributed by atoms with Gasteiger partial charge < -0.3 is 19.7 Å². The molecule has 0 aliphatic carbocycles. The predicted octanol–water partition coefficient (Wildman–Crippen LogP) is 2.26. The lowest BCUT2D eigenvalue weighted by Gasteiger charge is -2.28. The Labute approximate surface area is 120 Å². The van der Waals surface area contributed by atoms with Gasteiger partial charge in [0.2, 0.25) is 0 Å². The Bertz CT molecular complexity index is 490. The lowest BCUT2D eigenvalue weighted by Crippen LogP contribution is -2.38. The van der Waals surface area contributed by atoms with Gasteiger partial charge in [-0.25, -0.2) is 0 Å². The molecular weight excluding hydrogens is 252 g/mol. The molecule has 0 aromatic heterocycles. The first kappa shape index (κ1) is 15.8. The standard InChI is InChI=1S/C16H22N2O2/c1-6-8-18(9-7-2)15-12(3)10-14(11-13(15)4)17(5)16(19)20/h6-7,10-11H,1-2,8-9H2,3-5H3,(H,19,20)/p-1. The molecule has 0 radical (unpaired) electrons. The van der Waals surface area contributed by atoms with E-state index >= 15 is 0 Å². The number of nitrogens with zero attached hydrogens (tertiary/aromatic N) is 2. The highest BCUT2D eigenvalue weighted by Gasteiger charge is 2.13. The summed E-state index contributed by atoms with van der Waals surface area (Å²) in [7, 11) is 1.48. The molecule has 0 saturated heterocycles. The molecule has 1 amide bonds. The van der Waals surface area contributed by atoms with E-state index in [0.717, 1.165) is 21.7 Å². The smallest absolute Gasteiger partial charge is 0.141 e. The first-order valence-corrected chi connectivity index (χ1v) is 6.45. The number of amides is 1. The molecule has 1 aromatic rings. The van der Waals surface area contributed by atoms with Gasteiger partial charge >= 0.3 is 0 Å². The van der Waals surface area contributed by atoms with Crippen molar-refractivity contribution in [3.63, 3.8) is 0 Å². The van der Waals surface area contributed by atoms with Crippen LogP contribution in [0.4, 0.5) is 16.2 Å². The summed E-state index contributed by atoms with van der Waals surface area (Å²) in [5, 5.41) is 10.9. The Balaban J connectivity index is 3.25. The fraction of sp³-hybridized carbons (Fsp3) is 0.312. The monoisotopic (exact) mass is 273 g/mol. The molecule has 0 heterocycles. The van der Waals surface area contributed by atoms with Crippen LogP contribution in [0.1, 0.15) is 11.1 Å². The number of hydrogen-bond acceptors (Lipinski definition) is 3. The van der Waals surface area contributed by atoms with Crippen molar-refractivity contribution in [2.45, 2.75) is 13.8 Å². The minimum atomic E-state index is -1.22. The van der Waals surface area contributed by atoms with Gasteiger partial charge in [-0.2, -0.15) is 0 Å². The van der Waals surface area contributed by atoms with Gasteiger partial charge in [0, 0.05) is 31.5 Å². The maximum absolute atomic E-state index is 10.9. The lowest BCUT2D eigenvalue weighted by atomic mass is 10.1. The van der Waals surface area contributed by atoms with Gasteiger partial charge in [0.25, 0.3) is 0 Å². The zero-order valence-electron chi connectivity index (χ0n) is 12.3. The summed E-state index contributed by atoms with van der Waals surface area (Å²) in [4.78, 5) is 14.2. The molecule has 0 atom stereocenters. The molecule has 0 bridgehead atoms. The van der Waals surface area contributed by atoms with Crippen molar-refractivity contribution in [3.8, 4) is 0 Å². The molecule has 0 unspecified atom stereocenters. The topological polar surface area (TPSA) is 46.6 Å². The first-order chi connectivity index (χ1) is 9.42. The molecule has 1 aromatic carbocycles. The zero-order chi connectivity index (χ0) is 15.3. The molecule has 0 spiro atoms. The largest absolute Gasteiger partial charge is 0.530 e. The van der Waals surface area contributed by atoms with E-state index in [1.807, 2.05) is 38.1 Å². The summed E-state index contributed by atoms with van der Waals surface area (Å²) in [5.41, 5.74) is 3.72. The Morgan fingerprint density at radius 3 is 2.00 bits per heavy atom. The number of carbonyl (C=O) groups is 1. The number of carboxylic acid groups (broad SMARTS) is 1. The van der Waals surface area contributed by atoms with Crippen LogP contribution < -0.4 is 14.9 Å². The molecule has 0 aliphatic heterocycles. The Morgan fingerprint density at radius 2 is 1.65 bits per heavy atom. The van der Waals surface area contributed by atoms with Crippen LogP contribution in [0.3, 0.4) is 0 Å². The molecule has 20 heavy (non-hydrogen) atoms. The van der Waals surface area contributed by atoms with Crippen LogP contribution >= 0.6 is 0 Å². The third-order valence-electron chi connectivity index (χ3n) is 3.15. The second kappa shape index (κ2) is 6.80. The van der Waals surface area contributed by atoms with E-state index in [4.69, 9.17) is 0 Å². The number of aryl methyl sites for hydroxylation is 2. The lowest BCUT2D eigenvalue weighted by molar-refractivity contribution is -0.246. The molecular formula is C16H21N2O2-. The molecule has 4 nitrogen and oxygen atoms in total. The van der Waals surface area contributed by atoms with Crippen molar-refractivity contribution in [3.05, 3.63) is 48.6 Å². The van der Waals surface area contributed by atoms with Gasteiger partial charge in [-0.15, -0.1) is 13.2 Å². The van der Waals surface area contributed by atoms with Crippen molar-refractivity contribution in [2.24, 2.45) is 0 Å². The highest BCUT2D eigenvalue weighted by molar-refractivity contribution is 5.85. The number of anilines is 2. The second-order valence-electron chi connectivity index (χ2n) is 4.74. The third-order valence-corrected chi connectivity index (χ3v) is 3.15. The molecule has 0 saturated carbocycles. The van der Waals surface area contributed by atoms with E-state index in [9.17, 15) is 9.90 Å². The van der Waals surface area contributed by atoms with Gasteiger partial charge in [0.05, 0.1) is 0 Å². The highest BCUT2D eigenvalue weighted by Crippen LogP contribution is 2.29. The van der Waals surface area contributed by atoms with Gasteiger partial charge in [-0.05, 0) is 37.1 Å². The Morgan fingerprint density at radius 1 is 1.20 bits per heavy atom. The molecule has 108 valence electrons. The minimum Gasteiger partial charge on any atom is -0.530 e. The Hall–Kier alpha value is -2.23. The van der Waals surface area contributed by atoms with Gasteiger partial charge in [0.1, 0.15) is 6.09 Å². The number of hydrogen-bond donors (Lipinski definition) is 0. The SMILES string of the molecule is C=CCN(CC=C)c1c(C)cc(N(C)C(=O)[O-])cc1C. The van der Waals surface area contributed by atoms with E-state index in [2.05, 4.69) is 18.1 Å². The molecule has 4 heteroatoms. The van der Waals surface area contributed by atoms with E-state index in [0.29, 0.717) is 18.8 Å². The summed E-state index contributed by atoms with van der Waals surface area (Å²) in [5.74, 6) is 0. The van der Waals surface area contributed by atoms with Crippen molar-refractivity contribution in [1.29, 1.82) is 0 Å². The van der Waals surface area contributed by atoms with E-state index in [1.165, 1.54) is 7.05 Å².